The van der Waals surface area contributed by atoms with Crippen LogP contribution in [-0.2, 0) is 11.2 Å². The summed E-state index contributed by atoms with van der Waals surface area (Å²) >= 11 is 0. The molecule has 0 saturated heterocycles. The van der Waals surface area contributed by atoms with Crippen molar-refractivity contribution in [2.75, 3.05) is 0 Å². The van der Waals surface area contributed by atoms with Gasteiger partial charge in [0.05, 0.1) is 0 Å². The lowest BCUT2D eigenvalue weighted by atomic mass is 9.94. The second-order valence-electron chi connectivity index (χ2n) is 2.60. The van der Waals surface area contributed by atoms with Crippen LogP contribution in [0.3, 0.4) is 0 Å². The number of primary amides is 1. The summed E-state index contributed by atoms with van der Waals surface area (Å²) in [4.78, 5) is 9.47. The van der Waals surface area contributed by atoms with Gasteiger partial charge >= 0.3 is 0 Å². The Morgan fingerprint density at radius 3 is 2.00 bits per heavy atom. The zero-order valence-corrected chi connectivity index (χ0v) is 6.79. The van der Waals surface area contributed by atoms with Crippen molar-refractivity contribution in [3.63, 3.8) is 0 Å². The third-order valence-corrected chi connectivity index (χ3v) is 1.60. The SMILES string of the molecule is C=CC(N)=O.c1cc2cc(c1)C2. The number of benzene rings is 1. The van der Waals surface area contributed by atoms with E-state index in [-0.39, 0.29) is 0 Å². The Morgan fingerprint density at radius 1 is 1.50 bits per heavy atom. The maximum atomic E-state index is 9.47. The Morgan fingerprint density at radius 2 is 1.92 bits per heavy atom. The molecule has 0 unspecified atom stereocenters. The van der Waals surface area contributed by atoms with Gasteiger partial charge in [0.2, 0.25) is 5.91 Å². The summed E-state index contributed by atoms with van der Waals surface area (Å²) in [6, 6.07) is 8.65. The molecule has 0 aromatic heterocycles. The molecule has 2 aliphatic carbocycles. The molecule has 2 bridgehead atoms. The van der Waals surface area contributed by atoms with Crippen molar-refractivity contribution in [2.24, 2.45) is 5.73 Å². The van der Waals surface area contributed by atoms with E-state index in [2.05, 4.69) is 36.6 Å². The van der Waals surface area contributed by atoms with Crippen LogP contribution in [0.2, 0.25) is 0 Å². The average Bonchev–Trinajstić information content (AvgIpc) is 2.06. The molecule has 2 aliphatic rings. The van der Waals surface area contributed by atoms with Gasteiger partial charge in [-0.25, -0.2) is 0 Å². The van der Waals surface area contributed by atoms with Gasteiger partial charge in [-0.3, -0.25) is 4.79 Å². The van der Waals surface area contributed by atoms with Crippen molar-refractivity contribution in [1.29, 1.82) is 0 Å². The number of hydrogen-bond acceptors (Lipinski definition) is 1. The molecule has 1 aromatic carbocycles. The van der Waals surface area contributed by atoms with Crippen LogP contribution < -0.4 is 5.73 Å². The van der Waals surface area contributed by atoms with Crippen LogP contribution in [0.25, 0.3) is 0 Å². The largest absolute Gasteiger partial charge is 0.366 e. The maximum Gasteiger partial charge on any atom is 0.240 e. The number of nitrogens with two attached hydrogens (primary N) is 1. The summed E-state index contributed by atoms with van der Waals surface area (Å²) in [6.45, 7) is 3.09. The fraction of sp³-hybridized carbons (Fsp3) is 0.100. The van der Waals surface area contributed by atoms with Crippen LogP contribution in [0.4, 0.5) is 0 Å². The molecule has 1 amide bonds. The van der Waals surface area contributed by atoms with Gasteiger partial charge in [-0.1, -0.05) is 30.8 Å². The highest BCUT2D eigenvalue weighted by molar-refractivity contribution is 5.84. The second-order valence-corrected chi connectivity index (χ2v) is 2.60. The molecule has 0 aliphatic heterocycles. The fourth-order valence-corrected chi connectivity index (χ4v) is 0.954. The molecule has 2 N–H and O–H groups in total. The molecule has 0 spiro atoms. The molecule has 2 nitrogen and oxygen atoms in total. The van der Waals surface area contributed by atoms with Crippen LogP contribution in [0.5, 0.6) is 0 Å². The molecule has 12 heavy (non-hydrogen) atoms. The fourth-order valence-electron chi connectivity index (χ4n) is 0.954. The number of carbonyl (C=O) groups is 1. The molecule has 0 fully saturated rings. The van der Waals surface area contributed by atoms with E-state index in [9.17, 15) is 4.79 Å². The summed E-state index contributed by atoms with van der Waals surface area (Å²) in [5.41, 5.74) is 7.50. The van der Waals surface area contributed by atoms with E-state index in [0.717, 1.165) is 6.08 Å². The average molecular weight is 161 g/mol. The van der Waals surface area contributed by atoms with Gasteiger partial charge in [0.25, 0.3) is 0 Å². The molecule has 1 aromatic rings. The van der Waals surface area contributed by atoms with Crippen LogP contribution >= 0.6 is 0 Å². The molecule has 0 radical (unpaired) electrons. The summed E-state index contributed by atoms with van der Waals surface area (Å²) in [5.74, 6) is -0.481. The second kappa shape index (κ2) is 3.72. The molecule has 3 rings (SSSR count). The monoisotopic (exact) mass is 161 g/mol. The highest BCUT2D eigenvalue weighted by atomic mass is 16.1. The molecule has 62 valence electrons. The Bertz CT molecular complexity index is 280. The quantitative estimate of drug-likeness (QED) is 0.628. The minimum atomic E-state index is -0.481. The van der Waals surface area contributed by atoms with E-state index in [1.54, 1.807) is 0 Å². The van der Waals surface area contributed by atoms with Gasteiger partial charge < -0.3 is 5.73 Å². The van der Waals surface area contributed by atoms with Gasteiger partial charge in [0.15, 0.2) is 0 Å². The molecule has 0 atom stereocenters. The van der Waals surface area contributed by atoms with Gasteiger partial charge in [-0.2, -0.15) is 0 Å². The lowest BCUT2D eigenvalue weighted by Gasteiger charge is -2.11. The number of amides is 1. The summed E-state index contributed by atoms with van der Waals surface area (Å²) in [7, 11) is 0. The van der Waals surface area contributed by atoms with E-state index < -0.39 is 5.91 Å². The molecule has 2 heteroatoms. The highest BCUT2D eigenvalue weighted by Gasteiger charge is 2.04. The molecular weight excluding hydrogens is 150 g/mol. The lowest BCUT2D eigenvalue weighted by molar-refractivity contribution is -0.113. The number of carbonyl (C=O) groups excluding carboxylic acids is 1. The summed E-state index contributed by atoms with van der Waals surface area (Å²) in [6.07, 6.45) is 2.27. The van der Waals surface area contributed by atoms with E-state index >= 15 is 0 Å². The molecular formula is C10H11NO. The summed E-state index contributed by atoms with van der Waals surface area (Å²) < 4.78 is 0. The van der Waals surface area contributed by atoms with Crippen LogP contribution in [0, 0.1) is 0 Å². The van der Waals surface area contributed by atoms with Crippen LogP contribution in [0.15, 0.2) is 36.9 Å². The standard InChI is InChI=1S/C7H6.C3H5NO/c1-2-6-4-7(3-1)5-6;1-2-3(4)5/h1-4H,5H2;2H,1H2,(H2,4,5). The minimum absolute atomic E-state index is 0.481. The first-order valence-corrected chi connectivity index (χ1v) is 3.72. The summed E-state index contributed by atoms with van der Waals surface area (Å²) in [5, 5.41) is 0. The first-order chi connectivity index (χ1) is 5.72. The zero-order valence-electron chi connectivity index (χ0n) is 6.79. The van der Waals surface area contributed by atoms with E-state index in [4.69, 9.17) is 0 Å². The lowest BCUT2D eigenvalue weighted by Crippen LogP contribution is -2.04. The van der Waals surface area contributed by atoms with Crippen LogP contribution in [-0.4, -0.2) is 5.91 Å². The van der Waals surface area contributed by atoms with Crippen LogP contribution in [0.1, 0.15) is 11.1 Å². The minimum Gasteiger partial charge on any atom is -0.366 e. The smallest absolute Gasteiger partial charge is 0.240 e. The first-order valence-electron chi connectivity index (χ1n) is 3.72. The Labute approximate surface area is 71.7 Å². The van der Waals surface area contributed by atoms with Crippen molar-refractivity contribution >= 4 is 5.91 Å². The zero-order chi connectivity index (χ0) is 8.97. The molecule has 0 saturated carbocycles. The van der Waals surface area contributed by atoms with Gasteiger partial charge in [0.1, 0.15) is 0 Å². The third-order valence-electron chi connectivity index (χ3n) is 1.60. The van der Waals surface area contributed by atoms with Crippen molar-refractivity contribution < 1.29 is 4.79 Å². The Balaban J connectivity index is 0.000000130. The normalized spacial score (nSPS) is 10.3. The number of rotatable bonds is 1. The Kier molecular flexibility index (Phi) is 2.64. The van der Waals surface area contributed by atoms with Crippen molar-refractivity contribution in [3.8, 4) is 0 Å². The van der Waals surface area contributed by atoms with Gasteiger partial charge in [-0.15, -0.1) is 0 Å². The van der Waals surface area contributed by atoms with E-state index in [1.807, 2.05) is 0 Å². The van der Waals surface area contributed by atoms with Gasteiger partial charge in [0, 0.05) is 0 Å². The predicted octanol–water partition coefficient (Wildman–Crippen LogP) is 1.25. The van der Waals surface area contributed by atoms with Crippen molar-refractivity contribution in [3.05, 3.63) is 48.0 Å². The van der Waals surface area contributed by atoms with E-state index in [0.29, 0.717) is 0 Å². The molecule has 0 heterocycles. The highest BCUT2D eigenvalue weighted by Crippen LogP contribution is 2.18. The van der Waals surface area contributed by atoms with Crippen molar-refractivity contribution in [2.45, 2.75) is 6.42 Å². The number of hydrogen-bond donors (Lipinski definition) is 1. The maximum absolute atomic E-state index is 9.47. The van der Waals surface area contributed by atoms with E-state index in [1.165, 1.54) is 17.5 Å². The third kappa shape index (κ3) is 2.23. The van der Waals surface area contributed by atoms with Gasteiger partial charge in [-0.05, 0) is 23.6 Å². The first kappa shape index (κ1) is 8.53. The predicted molar refractivity (Wildman–Crippen MR) is 48.6 cm³/mol. The van der Waals surface area contributed by atoms with Crippen molar-refractivity contribution in [1.82, 2.24) is 0 Å². The Hall–Kier alpha value is -1.57. The number of fused-ring (bicyclic) bond motifs is 2. The topological polar surface area (TPSA) is 43.1 Å².